The van der Waals surface area contributed by atoms with Crippen molar-refractivity contribution >= 4 is 18.5 Å². The van der Waals surface area contributed by atoms with Crippen LogP contribution in [0, 0.1) is 0 Å². The number of ether oxygens (including phenoxy) is 1. The monoisotopic (exact) mass is 231 g/mol. The molecule has 1 saturated heterocycles. The van der Waals surface area contributed by atoms with Gasteiger partial charge in [0.2, 0.25) is 5.91 Å². The van der Waals surface area contributed by atoms with Crippen LogP contribution < -0.4 is 0 Å². The Hall–Kier alpha value is -0.220. The third kappa shape index (κ3) is 4.89. The minimum absolute atomic E-state index is 0.0822. The van der Waals surface area contributed by atoms with Gasteiger partial charge in [-0.2, -0.15) is 12.6 Å². The van der Waals surface area contributed by atoms with Crippen LogP contribution in [0.1, 0.15) is 33.6 Å². The van der Waals surface area contributed by atoms with Gasteiger partial charge in [-0.05, 0) is 27.2 Å². The number of rotatable bonds is 4. The summed E-state index contributed by atoms with van der Waals surface area (Å²) >= 11 is 4.31. The molecule has 0 radical (unpaired) electrons. The van der Waals surface area contributed by atoms with E-state index < -0.39 is 0 Å². The molecule has 1 unspecified atom stereocenters. The second-order valence-corrected chi connectivity index (χ2v) is 5.74. The van der Waals surface area contributed by atoms with Gasteiger partial charge in [-0.25, -0.2) is 0 Å². The molecule has 1 heterocycles. The van der Waals surface area contributed by atoms with Crippen LogP contribution >= 0.6 is 12.6 Å². The minimum Gasteiger partial charge on any atom is -0.376 e. The van der Waals surface area contributed by atoms with E-state index in [-0.39, 0.29) is 16.8 Å². The number of hydrogen-bond donors (Lipinski definition) is 1. The summed E-state index contributed by atoms with van der Waals surface area (Å²) in [4.78, 5) is 13.3. The highest BCUT2D eigenvalue weighted by atomic mass is 32.1. The van der Waals surface area contributed by atoms with E-state index in [4.69, 9.17) is 4.74 Å². The van der Waals surface area contributed by atoms with Crippen molar-refractivity contribution in [3.8, 4) is 0 Å². The predicted molar refractivity (Wildman–Crippen MR) is 64.3 cm³/mol. The first-order valence-corrected chi connectivity index (χ1v) is 6.00. The largest absolute Gasteiger partial charge is 0.376 e. The number of likely N-dealkylation sites (tertiary alicyclic amines) is 1. The maximum atomic E-state index is 11.4. The molecule has 1 aliphatic heterocycles. The second kappa shape index (κ2) is 5.21. The van der Waals surface area contributed by atoms with E-state index in [2.05, 4.69) is 12.6 Å². The van der Waals surface area contributed by atoms with Crippen LogP contribution in [0.15, 0.2) is 0 Å². The molecular formula is C11H21NO2S. The van der Waals surface area contributed by atoms with Crippen LogP contribution in [-0.4, -0.2) is 41.4 Å². The van der Waals surface area contributed by atoms with Gasteiger partial charge >= 0.3 is 0 Å². The highest BCUT2D eigenvalue weighted by molar-refractivity contribution is 7.81. The normalized spacial score (nSPS) is 22.5. The van der Waals surface area contributed by atoms with Crippen LogP contribution in [-0.2, 0) is 9.53 Å². The Morgan fingerprint density at radius 3 is 2.67 bits per heavy atom. The molecule has 0 saturated carbocycles. The van der Waals surface area contributed by atoms with E-state index >= 15 is 0 Å². The molecule has 0 N–H and O–H groups in total. The zero-order valence-electron chi connectivity index (χ0n) is 9.82. The molecule has 88 valence electrons. The first-order valence-electron chi connectivity index (χ1n) is 5.48. The Morgan fingerprint density at radius 2 is 2.20 bits per heavy atom. The summed E-state index contributed by atoms with van der Waals surface area (Å²) in [6, 6.07) is 0. The number of nitrogens with zero attached hydrogens (tertiary/aromatic N) is 1. The standard InChI is InChI=1S/C11H21NO2S/c1-11(2,3)14-6-4-5-12-8-9(15)7-10(12)13/h9,15H,4-8H2,1-3H3. The van der Waals surface area contributed by atoms with Crippen molar-refractivity contribution in [2.24, 2.45) is 0 Å². The van der Waals surface area contributed by atoms with E-state index in [1.54, 1.807) is 0 Å². The van der Waals surface area contributed by atoms with Crippen molar-refractivity contribution in [1.29, 1.82) is 0 Å². The SMILES string of the molecule is CC(C)(C)OCCCN1CC(S)CC1=O. The highest BCUT2D eigenvalue weighted by Crippen LogP contribution is 2.16. The fourth-order valence-corrected chi connectivity index (χ4v) is 1.95. The lowest BCUT2D eigenvalue weighted by atomic mass is 10.2. The molecule has 1 amide bonds. The zero-order chi connectivity index (χ0) is 11.5. The van der Waals surface area contributed by atoms with Crippen molar-refractivity contribution in [3.63, 3.8) is 0 Å². The summed E-state index contributed by atoms with van der Waals surface area (Å²) in [5.74, 6) is 0.228. The van der Waals surface area contributed by atoms with Crippen molar-refractivity contribution < 1.29 is 9.53 Å². The molecule has 15 heavy (non-hydrogen) atoms. The topological polar surface area (TPSA) is 29.5 Å². The molecule has 4 heteroatoms. The van der Waals surface area contributed by atoms with Gasteiger partial charge in [0.25, 0.3) is 0 Å². The molecular weight excluding hydrogens is 210 g/mol. The lowest BCUT2D eigenvalue weighted by Gasteiger charge is -2.21. The van der Waals surface area contributed by atoms with E-state index in [1.165, 1.54) is 0 Å². The van der Waals surface area contributed by atoms with Crippen molar-refractivity contribution in [3.05, 3.63) is 0 Å². The van der Waals surface area contributed by atoms with Gasteiger partial charge in [0.1, 0.15) is 0 Å². The summed E-state index contributed by atoms with van der Waals surface area (Å²) < 4.78 is 5.59. The van der Waals surface area contributed by atoms with E-state index in [1.807, 2.05) is 25.7 Å². The second-order valence-electron chi connectivity index (χ2n) is 5.01. The number of carbonyl (C=O) groups excluding carboxylic acids is 1. The Kier molecular flexibility index (Phi) is 4.46. The molecule has 0 aromatic carbocycles. The zero-order valence-corrected chi connectivity index (χ0v) is 10.7. The summed E-state index contributed by atoms with van der Waals surface area (Å²) in [5, 5.41) is 0.223. The number of hydrogen-bond acceptors (Lipinski definition) is 3. The van der Waals surface area contributed by atoms with Crippen LogP contribution in [0.4, 0.5) is 0 Å². The van der Waals surface area contributed by atoms with Crippen LogP contribution in [0.2, 0.25) is 0 Å². The minimum atomic E-state index is -0.0822. The summed E-state index contributed by atoms with van der Waals surface area (Å²) in [6.45, 7) is 8.42. The van der Waals surface area contributed by atoms with Gasteiger partial charge < -0.3 is 9.64 Å². The number of thiol groups is 1. The smallest absolute Gasteiger partial charge is 0.223 e. The van der Waals surface area contributed by atoms with Gasteiger partial charge in [-0.3, -0.25) is 4.79 Å². The van der Waals surface area contributed by atoms with Gasteiger partial charge in [0.15, 0.2) is 0 Å². The van der Waals surface area contributed by atoms with Crippen molar-refractivity contribution in [2.45, 2.75) is 44.5 Å². The maximum Gasteiger partial charge on any atom is 0.223 e. The Bertz CT molecular complexity index is 225. The predicted octanol–water partition coefficient (Wildman–Crippen LogP) is 1.72. The molecule has 3 nitrogen and oxygen atoms in total. The third-order valence-corrected chi connectivity index (χ3v) is 2.65. The molecule has 0 bridgehead atoms. The molecule has 0 spiro atoms. The summed E-state index contributed by atoms with van der Waals surface area (Å²) in [6.07, 6.45) is 1.49. The Labute approximate surface area is 97.6 Å². The molecule has 1 atom stereocenters. The molecule has 0 aliphatic carbocycles. The first-order chi connectivity index (χ1) is 6.88. The molecule has 0 aromatic rings. The molecule has 1 rings (SSSR count). The summed E-state index contributed by atoms with van der Waals surface area (Å²) in [5.41, 5.74) is -0.0822. The van der Waals surface area contributed by atoms with E-state index in [0.29, 0.717) is 13.0 Å². The molecule has 1 fully saturated rings. The Balaban J connectivity index is 2.13. The van der Waals surface area contributed by atoms with Gasteiger partial charge in [-0.1, -0.05) is 0 Å². The number of amides is 1. The van der Waals surface area contributed by atoms with Gasteiger partial charge in [0.05, 0.1) is 5.60 Å². The molecule has 1 aliphatic rings. The number of carbonyl (C=O) groups is 1. The Morgan fingerprint density at radius 1 is 1.53 bits per heavy atom. The quantitative estimate of drug-likeness (QED) is 0.590. The van der Waals surface area contributed by atoms with Crippen LogP contribution in [0.5, 0.6) is 0 Å². The summed E-state index contributed by atoms with van der Waals surface area (Å²) in [7, 11) is 0. The van der Waals surface area contributed by atoms with Crippen LogP contribution in [0.25, 0.3) is 0 Å². The van der Waals surface area contributed by atoms with E-state index in [9.17, 15) is 4.79 Å². The lowest BCUT2D eigenvalue weighted by Crippen LogP contribution is -2.28. The highest BCUT2D eigenvalue weighted by Gasteiger charge is 2.26. The van der Waals surface area contributed by atoms with Crippen LogP contribution in [0.3, 0.4) is 0 Å². The fraction of sp³-hybridized carbons (Fsp3) is 0.909. The maximum absolute atomic E-state index is 11.4. The molecule has 0 aromatic heterocycles. The first kappa shape index (κ1) is 12.8. The lowest BCUT2D eigenvalue weighted by molar-refractivity contribution is -0.127. The van der Waals surface area contributed by atoms with E-state index in [0.717, 1.165) is 19.5 Å². The van der Waals surface area contributed by atoms with Crippen molar-refractivity contribution in [2.75, 3.05) is 19.7 Å². The fourth-order valence-electron chi connectivity index (χ4n) is 1.60. The van der Waals surface area contributed by atoms with Crippen molar-refractivity contribution in [1.82, 2.24) is 4.90 Å². The van der Waals surface area contributed by atoms with Gasteiger partial charge in [-0.15, -0.1) is 0 Å². The third-order valence-electron chi connectivity index (χ3n) is 2.30. The van der Waals surface area contributed by atoms with Gasteiger partial charge in [0, 0.05) is 31.4 Å². The average Bonchev–Trinajstić information content (AvgIpc) is 2.37. The average molecular weight is 231 g/mol.